The molecule has 1 aromatic carbocycles. The second-order valence-corrected chi connectivity index (χ2v) is 6.20. The second kappa shape index (κ2) is 5.04. The topological polar surface area (TPSA) is 20.2 Å². The van der Waals surface area contributed by atoms with Gasteiger partial charge in [-0.25, -0.2) is 0 Å². The molecule has 1 aliphatic carbocycles. The number of aliphatic hydroxyl groups excluding tert-OH is 1. The van der Waals surface area contributed by atoms with E-state index in [1.165, 1.54) is 11.1 Å². The van der Waals surface area contributed by atoms with Gasteiger partial charge in [0.15, 0.2) is 0 Å². The van der Waals surface area contributed by atoms with Crippen LogP contribution in [0.4, 0.5) is 0 Å². The van der Waals surface area contributed by atoms with Crippen LogP contribution in [-0.2, 0) is 12.8 Å². The number of hydrogen-bond donors (Lipinski definition) is 1. The van der Waals surface area contributed by atoms with Gasteiger partial charge in [-0.3, -0.25) is 0 Å². The zero-order valence-electron chi connectivity index (χ0n) is 9.97. The van der Waals surface area contributed by atoms with E-state index in [1.807, 2.05) is 11.4 Å². The molecule has 0 bridgehead atoms. The lowest BCUT2D eigenvalue weighted by atomic mass is 9.80. The van der Waals surface area contributed by atoms with E-state index in [9.17, 15) is 5.11 Å². The van der Waals surface area contributed by atoms with Crippen molar-refractivity contribution in [2.45, 2.75) is 25.4 Å². The summed E-state index contributed by atoms with van der Waals surface area (Å²) in [6.07, 6.45) is 2.62. The van der Waals surface area contributed by atoms with Crippen LogP contribution in [0, 0.1) is 5.92 Å². The number of benzene rings is 1. The van der Waals surface area contributed by atoms with Crippen LogP contribution >= 0.6 is 22.9 Å². The van der Waals surface area contributed by atoms with E-state index < -0.39 is 6.10 Å². The van der Waals surface area contributed by atoms with Gasteiger partial charge in [0.05, 0.1) is 16.0 Å². The van der Waals surface area contributed by atoms with Gasteiger partial charge in [0, 0.05) is 0 Å². The number of fused-ring (bicyclic) bond motifs is 1. The van der Waals surface area contributed by atoms with Crippen molar-refractivity contribution in [2.75, 3.05) is 0 Å². The maximum atomic E-state index is 10.5. The van der Waals surface area contributed by atoms with Crippen molar-refractivity contribution >= 4 is 22.9 Å². The van der Waals surface area contributed by atoms with Crippen LogP contribution in [-0.4, -0.2) is 5.11 Å². The first-order valence-corrected chi connectivity index (χ1v) is 7.49. The van der Waals surface area contributed by atoms with E-state index in [0.717, 1.165) is 24.1 Å². The van der Waals surface area contributed by atoms with E-state index in [1.54, 1.807) is 11.3 Å². The van der Waals surface area contributed by atoms with E-state index in [2.05, 4.69) is 24.3 Å². The molecule has 1 nitrogen and oxygen atoms in total. The third-order valence-electron chi connectivity index (χ3n) is 3.74. The maximum absolute atomic E-state index is 10.5. The number of rotatable bonds is 2. The molecule has 1 aromatic heterocycles. The Hall–Kier alpha value is -0.830. The molecule has 1 N–H and O–H groups in total. The smallest absolute Gasteiger partial charge is 0.0928 e. The molecule has 0 aliphatic heterocycles. The first kappa shape index (κ1) is 12.2. The summed E-state index contributed by atoms with van der Waals surface area (Å²) < 4.78 is 0. The van der Waals surface area contributed by atoms with Crippen molar-refractivity contribution in [3.05, 3.63) is 56.7 Å². The van der Waals surface area contributed by atoms with Gasteiger partial charge in [-0.2, -0.15) is 0 Å². The summed E-state index contributed by atoms with van der Waals surface area (Å²) in [5.74, 6) is 0.288. The number of aliphatic hydroxyl groups is 1. The molecule has 3 heteroatoms. The monoisotopic (exact) mass is 278 g/mol. The Balaban J connectivity index is 1.82. The molecule has 1 heterocycles. The lowest BCUT2D eigenvalue weighted by Gasteiger charge is -2.28. The van der Waals surface area contributed by atoms with Crippen molar-refractivity contribution in [2.24, 2.45) is 5.92 Å². The predicted octanol–water partition coefficient (Wildman–Crippen LogP) is 4.24. The highest BCUT2D eigenvalue weighted by Gasteiger charge is 2.27. The summed E-state index contributed by atoms with van der Waals surface area (Å²) in [4.78, 5) is 0.918. The van der Waals surface area contributed by atoms with Crippen LogP contribution in [0.2, 0.25) is 5.02 Å². The van der Waals surface area contributed by atoms with Crippen LogP contribution in [0.15, 0.2) is 35.7 Å². The van der Waals surface area contributed by atoms with E-state index in [-0.39, 0.29) is 5.92 Å². The zero-order chi connectivity index (χ0) is 12.5. The zero-order valence-corrected chi connectivity index (χ0v) is 11.5. The highest BCUT2D eigenvalue weighted by atomic mass is 35.5. The van der Waals surface area contributed by atoms with Gasteiger partial charge in [-0.05, 0) is 47.8 Å². The molecule has 0 spiro atoms. The van der Waals surface area contributed by atoms with Crippen molar-refractivity contribution in [3.8, 4) is 0 Å². The summed E-state index contributed by atoms with van der Waals surface area (Å²) in [5.41, 5.74) is 2.80. The Morgan fingerprint density at radius 3 is 2.72 bits per heavy atom. The molecule has 2 aromatic rings. The Morgan fingerprint density at radius 1 is 1.22 bits per heavy atom. The average molecular weight is 279 g/mol. The van der Waals surface area contributed by atoms with Crippen LogP contribution in [0.25, 0.3) is 0 Å². The number of halogens is 1. The van der Waals surface area contributed by atoms with E-state index in [0.29, 0.717) is 5.02 Å². The summed E-state index contributed by atoms with van der Waals surface area (Å²) >= 11 is 7.66. The molecule has 0 radical (unpaired) electrons. The van der Waals surface area contributed by atoms with Crippen molar-refractivity contribution in [3.63, 3.8) is 0 Å². The molecule has 18 heavy (non-hydrogen) atoms. The highest BCUT2D eigenvalue weighted by Crippen LogP contribution is 2.38. The third-order valence-corrected chi connectivity index (χ3v) is 5.17. The normalized spacial score (nSPS) is 20.4. The quantitative estimate of drug-likeness (QED) is 0.871. The largest absolute Gasteiger partial charge is 0.387 e. The highest BCUT2D eigenvalue weighted by molar-refractivity contribution is 7.10. The first-order valence-electron chi connectivity index (χ1n) is 6.23. The first-order chi connectivity index (χ1) is 8.75. The summed E-state index contributed by atoms with van der Waals surface area (Å²) in [7, 11) is 0. The fourth-order valence-electron chi connectivity index (χ4n) is 2.73. The van der Waals surface area contributed by atoms with Crippen molar-refractivity contribution < 1.29 is 5.11 Å². The number of thiophene rings is 1. The number of aryl methyl sites for hydroxylation is 1. The Morgan fingerprint density at radius 2 is 2.00 bits per heavy atom. The standard InChI is InChI=1S/C15H15ClOS/c16-13-7-8-18-15(13)14(17)12-6-5-10-3-1-2-4-11(10)9-12/h1-4,7-8,12,14,17H,5-6,9H2. The minimum Gasteiger partial charge on any atom is -0.387 e. The van der Waals surface area contributed by atoms with Crippen LogP contribution < -0.4 is 0 Å². The predicted molar refractivity (Wildman–Crippen MR) is 76.2 cm³/mol. The Bertz CT molecular complexity index is 549. The van der Waals surface area contributed by atoms with Gasteiger partial charge in [0.2, 0.25) is 0 Å². The molecular formula is C15H15ClOS. The molecule has 0 saturated carbocycles. The minimum absolute atomic E-state index is 0.288. The van der Waals surface area contributed by atoms with Gasteiger partial charge >= 0.3 is 0 Å². The van der Waals surface area contributed by atoms with Crippen molar-refractivity contribution in [1.29, 1.82) is 0 Å². The summed E-state index contributed by atoms with van der Waals surface area (Å²) in [5, 5.41) is 13.1. The molecule has 2 atom stereocenters. The lowest BCUT2D eigenvalue weighted by Crippen LogP contribution is -2.20. The molecule has 1 aliphatic rings. The van der Waals surface area contributed by atoms with Crippen LogP contribution in [0.1, 0.15) is 28.5 Å². The maximum Gasteiger partial charge on any atom is 0.0928 e. The SMILES string of the molecule is OC(c1sccc1Cl)C1CCc2ccccc2C1. The van der Waals surface area contributed by atoms with Gasteiger partial charge in [0.1, 0.15) is 0 Å². The molecule has 94 valence electrons. The Kier molecular flexibility index (Phi) is 3.42. The van der Waals surface area contributed by atoms with E-state index >= 15 is 0 Å². The number of hydrogen-bond acceptors (Lipinski definition) is 2. The molecule has 2 unspecified atom stereocenters. The fourth-order valence-corrected chi connectivity index (χ4v) is 3.97. The summed E-state index contributed by atoms with van der Waals surface area (Å²) in [6, 6.07) is 10.4. The summed E-state index contributed by atoms with van der Waals surface area (Å²) in [6.45, 7) is 0. The molecule has 3 rings (SSSR count). The van der Waals surface area contributed by atoms with Gasteiger partial charge in [-0.1, -0.05) is 35.9 Å². The van der Waals surface area contributed by atoms with Gasteiger partial charge < -0.3 is 5.11 Å². The molecule has 0 fully saturated rings. The van der Waals surface area contributed by atoms with E-state index in [4.69, 9.17) is 11.6 Å². The van der Waals surface area contributed by atoms with Crippen LogP contribution in [0.3, 0.4) is 0 Å². The fraction of sp³-hybridized carbons (Fsp3) is 0.333. The average Bonchev–Trinajstić information content (AvgIpc) is 2.83. The van der Waals surface area contributed by atoms with Crippen LogP contribution in [0.5, 0.6) is 0 Å². The van der Waals surface area contributed by atoms with Gasteiger partial charge in [0.25, 0.3) is 0 Å². The van der Waals surface area contributed by atoms with Gasteiger partial charge in [-0.15, -0.1) is 11.3 Å². The molecule has 0 amide bonds. The lowest BCUT2D eigenvalue weighted by molar-refractivity contribution is 0.103. The third kappa shape index (κ3) is 2.20. The van der Waals surface area contributed by atoms with Crippen molar-refractivity contribution in [1.82, 2.24) is 0 Å². The Labute approximate surface area is 116 Å². The molecule has 0 saturated heterocycles. The molecular weight excluding hydrogens is 264 g/mol. The minimum atomic E-state index is -0.425. The second-order valence-electron chi connectivity index (χ2n) is 4.85.